The van der Waals surface area contributed by atoms with Crippen molar-refractivity contribution in [2.45, 2.75) is 37.6 Å². The molecular formula is C22H21Cl2N3O7. The van der Waals surface area contributed by atoms with Gasteiger partial charge in [-0.15, -0.1) is 0 Å². The van der Waals surface area contributed by atoms with Crippen LogP contribution in [0.2, 0.25) is 10.0 Å². The molecule has 34 heavy (non-hydrogen) atoms. The largest absolute Gasteiger partial charge is 0.462 e. The number of nitrogens with one attached hydrogen (secondary N) is 2. The van der Waals surface area contributed by atoms with Crippen molar-refractivity contribution in [1.29, 1.82) is 0 Å². The van der Waals surface area contributed by atoms with Crippen molar-refractivity contribution in [1.82, 2.24) is 15.3 Å². The summed E-state index contributed by atoms with van der Waals surface area (Å²) >= 11 is 12.2. The van der Waals surface area contributed by atoms with E-state index in [0.29, 0.717) is 26.5 Å². The van der Waals surface area contributed by atoms with Crippen LogP contribution in [0.25, 0.3) is 22.3 Å². The van der Waals surface area contributed by atoms with Gasteiger partial charge in [0.25, 0.3) is 5.56 Å². The summed E-state index contributed by atoms with van der Waals surface area (Å²) in [6.45, 7) is 0.637. The molecule has 2 unspecified atom stereocenters. The van der Waals surface area contributed by atoms with Crippen molar-refractivity contribution in [3.8, 4) is 17.1 Å². The van der Waals surface area contributed by atoms with Crippen molar-refractivity contribution >= 4 is 40.0 Å². The lowest BCUT2D eigenvalue weighted by molar-refractivity contribution is -0.244. The van der Waals surface area contributed by atoms with E-state index in [-0.39, 0.29) is 11.6 Å². The maximum absolute atomic E-state index is 12.7. The molecule has 0 saturated carbocycles. The second kappa shape index (κ2) is 9.87. The molecule has 1 aliphatic heterocycles. The number of aliphatic hydroxyl groups excluding tert-OH is 3. The Balaban J connectivity index is 1.76. The van der Waals surface area contributed by atoms with Gasteiger partial charge in [0.1, 0.15) is 35.9 Å². The number of fused-ring (bicyclic) bond motifs is 1. The van der Waals surface area contributed by atoms with Gasteiger partial charge in [-0.05, 0) is 36.4 Å². The first-order valence-corrected chi connectivity index (χ1v) is 11.0. The minimum atomic E-state index is -1.49. The Kier molecular flexibility index (Phi) is 7.08. The Labute approximate surface area is 203 Å². The molecule has 180 valence electrons. The first-order chi connectivity index (χ1) is 16.2. The van der Waals surface area contributed by atoms with Crippen molar-refractivity contribution in [3.05, 3.63) is 56.8 Å². The number of carbonyl (C=O) groups is 1. The molecule has 0 spiro atoms. The minimum Gasteiger partial charge on any atom is -0.462 e. The van der Waals surface area contributed by atoms with Gasteiger partial charge in [-0.25, -0.2) is 4.98 Å². The van der Waals surface area contributed by atoms with Gasteiger partial charge in [0, 0.05) is 17.0 Å². The molecule has 0 aliphatic carbocycles. The van der Waals surface area contributed by atoms with E-state index < -0.39 is 48.7 Å². The van der Waals surface area contributed by atoms with Gasteiger partial charge in [-0.2, -0.15) is 0 Å². The number of carbonyl (C=O) groups excluding carboxylic acids is 1. The quantitative estimate of drug-likeness (QED) is 0.344. The molecule has 0 radical (unpaired) electrons. The summed E-state index contributed by atoms with van der Waals surface area (Å²) in [5, 5.41) is 33.8. The fourth-order valence-electron chi connectivity index (χ4n) is 3.72. The molecule has 1 amide bonds. The zero-order valence-corrected chi connectivity index (χ0v) is 19.2. The Morgan fingerprint density at radius 3 is 2.59 bits per heavy atom. The van der Waals surface area contributed by atoms with Crippen LogP contribution in [-0.4, -0.2) is 68.4 Å². The molecule has 2 aromatic carbocycles. The van der Waals surface area contributed by atoms with Crippen LogP contribution >= 0.6 is 23.2 Å². The Bertz CT molecular complexity index is 1290. The normalized spacial score (nSPS) is 24.7. The fourth-order valence-corrected chi connectivity index (χ4v) is 4.07. The van der Waals surface area contributed by atoms with E-state index in [1.807, 2.05) is 0 Å². The lowest BCUT2D eigenvalue weighted by Crippen LogP contribution is -2.65. The molecule has 0 bridgehead atoms. The van der Waals surface area contributed by atoms with Gasteiger partial charge >= 0.3 is 0 Å². The summed E-state index contributed by atoms with van der Waals surface area (Å²) in [4.78, 5) is 31.5. The smallest absolute Gasteiger partial charge is 0.259 e. The average molecular weight is 510 g/mol. The lowest BCUT2D eigenvalue weighted by Gasteiger charge is -2.42. The highest BCUT2D eigenvalue weighted by Crippen LogP contribution is 2.34. The maximum atomic E-state index is 12.7. The number of halogens is 2. The Morgan fingerprint density at radius 2 is 1.88 bits per heavy atom. The molecule has 1 aromatic heterocycles. The van der Waals surface area contributed by atoms with Crippen LogP contribution in [0.4, 0.5) is 0 Å². The maximum Gasteiger partial charge on any atom is 0.259 e. The van der Waals surface area contributed by atoms with E-state index in [1.54, 1.807) is 12.1 Å². The van der Waals surface area contributed by atoms with E-state index >= 15 is 0 Å². The SMILES string of the molecule is CC(=O)NC1[C@@H](Oc2ccc(Cl)cc2-c2nc3ccc(Cl)cc3c(=O)[nH]2)OC(CO)[C@H](O)[C@H]1O. The third kappa shape index (κ3) is 4.88. The topological polar surface area (TPSA) is 154 Å². The number of rotatable bonds is 5. The summed E-state index contributed by atoms with van der Waals surface area (Å²) in [5.41, 5.74) is 0.253. The summed E-state index contributed by atoms with van der Waals surface area (Å²) < 4.78 is 11.6. The number of hydrogen-bond donors (Lipinski definition) is 5. The molecule has 4 rings (SSSR count). The Hall–Kier alpha value is -2.73. The monoisotopic (exact) mass is 509 g/mol. The Morgan fingerprint density at radius 1 is 1.18 bits per heavy atom. The van der Waals surface area contributed by atoms with Crippen LogP contribution in [0.5, 0.6) is 5.75 Å². The van der Waals surface area contributed by atoms with E-state index in [1.165, 1.54) is 31.2 Å². The molecule has 12 heteroatoms. The fraction of sp³-hybridized carbons (Fsp3) is 0.318. The van der Waals surface area contributed by atoms with E-state index in [2.05, 4.69) is 15.3 Å². The van der Waals surface area contributed by atoms with Crippen LogP contribution in [0, 0.1) is 0 Å². The highest BCUT2D eigenvalue weighted by Gasteiger charge is 2.46. The third-order valence-corrected chi connectivity index (χ3v) is 5.83. The summed E-state index contributed by atoms with van der Waals surface area (Å²) in [6, 6.07) is 8.09. The van der Waals surface area contributed by atoms with Crippen LogP contribution < -0.4 is 15.6 Å². The van der Waals surface area contributed by atoms with Gasteiger partial charge in [0.05, 0.1) is 23.1 Å². The average Bonchev–Trinajstić information content (AvgIpc) is 2.79. The third-order valence-electron chi connectivity index (χ3n) is 5.36. The number of aromatic amines is 1. The van der Waals surface area contributed by atoms with Gasteiger partial charge < -0.3 is 35.1 Å². The van der Waals surface area contributed by atoms with Crippen LogP contribution in [0.1, 0.15) is 6.92 Å². The number of amides is 1. The zero-order valence-electron chi connectivity index (χ0n) is 17.7. The molecular weight excluding hydrogens is 489 g/mol. The van der Waals surface area contributed by atoms with E-state index in [0.717, 1.165) is 0 Å². The highest BCUT2D eigenvalue weighted by molar-refractivity contribution is 6.31. The second-order valence-corrected chi connectivity index (χ2v) is 8.64. The van der Waals surface area contributed by atoms with Crippen LogP contribution in [0.3, 0.4) is 0 Å². The number of nitrogens with zero attached hydrogens (tertiary/aromatic N) is 1. The van der Waals surface area contributed by atoms with Gasteiger partial charge in [0.2, 0.25) is 12.2 Å². The molecule has 2 heterocycles. The van der Waals surface area contributed by atoms with Crippen molar-refractivity contribution < 1.29 is 29.6 Å². The highest BCUT2D eigenvalue weighted by atomic mass is 35.5. The molecule has 1 fully saturated rings. The molecule has 5 atom stereocenters. The van der Waals surface area contributed by atoms with Crippen molar-refractivity contribution in [2.75, 3.05) is 6.61 Å². The van der Waals surface area contributed by atoms with E-state index in [9.17, 15) is 24.9 Å². The molecule has 3 aromatic rings. The molecule has 1 aliphatic rings. The number of benzene rings is 2. The number of hydrogen-bond acceptors (Lipinski definition) is 8. The molecule has 1 saturated heterocycles. The summed E-state index contributed by atoms with van der Waals surface area (Å²) in [5.74, 6) is -0.198. The standard InChI is InChI=1S/C22H21Cl2N3O7/c1-9(29)25-17-19(31)18(30)16(8-28)34-22(17)33-15-5-3-11(24)7-13(15)20-26-14-4-2-10(23)6-12(14)21(32)27-20/h2-7,16-19,22,28,30-31H,8H2,1H3,(H,25,29)(H,26,27,32)/t16?,17?,18-,19-,22-/m0/s1. The van der Waals surface area contributed by atoms with Gasteiger partial charge in [0.15, 0.2) is 0 Å². The first kappa shape index (κ1) is 24.4. The van der Waals surface area contributed by atoms with Gasteiger partial charge in [-0.3, -0.25) is 9.59 Å². The number of aliphatic hydroxyl groups is 3. The second-order valence-electron chi connectivity index (χ2n) is 7.77. The first-order valence-electron chi connectivity index (χ1n) is 10.2. The van der Waals surface area contributed by atoms with E-state index in [4.69, 9.17) is 32.7 Å². The van der Waals surface area contributed by atoms with Crippen LogP contribution in [-0.2, 0) is 9.53 Å². The predicted octanol–water partition coefficient (Wildman–Crippen LogP) is 1.22. The summed E-state index contributed by atoms with van der Waals surface area (Å²) in [6.07, 6.45) is -5.41. The number of H-pyrrole nitrogens is 1. The number of aromatic nitrogens is 2. The van der Waals surface area contributed by atoms with Crippen molar-refractivity contribution in [3.63, 3.8) is 0 Å². The molecule has 5 N–H and O–H groups in total. The predicted molar refractivity (Wildman–Crippen MR) is 124 cm³/mol. The van der Waals surface area contributed by atoms with Crippen LogP contribution in [0.15, 0.2) is 41.2 Å². The minimum absolute atomic E-state index is 0.142. The van der Waals surface area contributed by atoms with Crippen molar-refractivity contribution in [2.24, 2.45) is 0 Å². The molecule has 10 nitrogen and oxygen atoms in total. The number of ether oxygens (including phenoxy) is 2. The van der Waals surface area contributed by atoms with Gasteiger partial charge in [-0.1, -0.05) is 23.2 Å². The summed E-state index contributed by atoms with van der Waals surface area (Å²) in [7, 11) is 0. The lowest BCUT2D eigenvalue weighted by atomic mass is 9.97. The zero-order chi connectivity index (χ0) is 24.6.